The molecule has 3 fully saturated rings. The maximum Gasteiger partial charge on any atom is 0.417 e. The Morgan fingerprint density at radius 1 is 0.912 bits per heavy atom. The normalized spacial score (nSPS) is 36.9. The van der Waals surface area contributed by atoms with Crippen LogP contribution in [0.1, 0.15) is 92.9 Å². The Labute approximate surface area is 205 Å². The van der Waals surface area contributed by atoms with E-state index in [9.17, 15) is 14.4 Å². The lowest BCUT2D eigenvalue weighted by Crippen LogP contribution is -2.69. The van der Waals surface area contributed by atoms with Crippen molar-refractivity contribution in [2.75, 3.05) is 13.7 Å². The summed E-state index contributed by atoms with van der Waals surface area (Å²) in [4.78, 5) is 39.8. The molecule has 6 heteroatoms. The van der Waals surface area contributed by atoms with Crippen molar-refractivity contribution in [1.29, 1.82) is 0 Å². The van der Waals surface area contributed by atoms with Gasteiger partial charge in [-0.2, -0.15) is 0 Å². The molecule has 3 rings (SSSR count). The number of nitrogens with zero attached hydrogens (tertiary/aromatic N) is 1. The number of carbonyl (C=O) groups is 3. The van der Waals surface area contributed by atoms with Gasteiger partial charge in [0.05, 0.1) is 12.6 Å². The van der Waals surface area contributed by atoms with Crippen molar-refractivity contribution in [3.05, 3.63) is 12.2 Å². The molecule has 0 atom stereocenters. The lowest BCUT2D eigenvalue weighted by atomic mass is 9.48. The molecule has 6 nitrogen and oxygen atoms in total. The number of carbonyl (C=O) groups excluding carboxylic acids is 3. The molecule has 34 heavy (non-hydrogen) atoms. The van der Waals surface area contributed by atoms with Gasteiger partial charge in [-0.25, -0.2) is 14.5 Å². The van der Waals surface area contributed by atoms with E-state index in [1.165, 1.54) is 18.1 Å². The van der Waals surface area contributed by atoms with E-state index in [2.05, 4.69) is 46.3 Å². The van der Waals surface area contributed by atoms with Gasteiger partial charge in [-0.05, 0) is 85.9 Å². The fourth-order valence-corrected chi connectivity index (χ4v) is 7.34. The molecule has 0 aromatic heterocycles. The lowest BCUT2D eigenvalue weighted by molar-refractivity contribution is -0.151. The monoisotopic (exact) mass is 475 g/mol. The number of methoxy groups -OCH3 is 1. The van der Waals surface area contributed by atoms with Crippen molar-refractivity contribution in [3.8, 4) is 0 Å². The minimum absolute atomic E-state index is 0.231. The Balaban J connectivity index is 2.05. The maximum atomic E-state index is 13.5. The van der Waals surface area contributed by atoms with Crippen LogP contribution in [0.5, 0.6) is 0 Å². The molecular weight excluding hydrogens is 430 g/mol. The summed E-state index contributed by atoms with van der Waals surface area (Å²) in [7, 11) is 1.27. The molecule has 192 valence electrons. The van der Waals surface area contributed by atoms with E-state index < -0.39 is 23.5 Å². The molecule has 3 aliphatic rings. The number of rotatable bonds is 6. The van der Waals surface area contributed by atoms with Crippen molar-refractivity contribution in [2.45, 2.75) is 98.4 Å². The van der Waals surface area contributed by atoms with E-state index in [1.807, 2.05) is 0 Å². The van der Waals surface area contributed by atoms with Crippen molar-refractivity contribution < 1.29 is 23.9 Å². The Hall–Kier alpha value is -1.85. The van der Waals surface area contributed by atoms with Crippen LogP contribution in [0.4, 0.5) is 4.79 Å². The second kappa shape index (κ2) is 10.0. The van der Waals surface area contributed by atoms with Crippen molar-refractivity contribution in [3.63, 3.8) is 0 Å². The van der Waals surface area contributed by atoms with Crippen LogP contribution in [0, 0.1) is 34.5 Å². The second-order valence-corrected chi connectivity index (χ2v) is 12.2. The Kier molecular flexibility index (Phi) is 7.89. The Morgan fingerprint density at radius 3 is 1.74 bits per heavy atom. The highest BCUT2D eigenvalue weighted by Crippen LogP contribution is 2.63. The minimum atomic E-state index is -0.738. The predicted octanol–water partition coefficient (Wildman–Crippen LogP) is 6.14. The summed E-state index contributed by atoms with van der Waals surface area (Å²) in [6.07, 6.45) is 9.90. The minimum Gasteiger partial charge on any atom is -0.466 e. The molecule has 2 saturated carbocycles. The number of hydrogen-bond acceptors (Lipinski definition) is 5. The fourth-order valence-electron chi connectivity index (χ4n) is 7.34. The predicted molar refractivity (Wildman–Crippen MR) is 132 cm³/mol. The summed E-state index contributed by atoms with van der Waals surface area (Å²) in [6.45, 7) is 13.9. The third kappa shape index (κ3) is 4.54. The van der Waals surface area contributed by atoms with Gasteiger partial charge < -0.3 is 9.47 Å². The van der Waals surface area contributed by atoms with Crippen molar-refractivity contribution in [2.24, 2.45) is 34.5 Å². The van der Waals surface area contributed by atoms with Crippen LogP contribution in [-0.2, 0) is 19.1 Å². The number of hydrogen-bond donors (Lipinski definition) is 0. The van der Waals surface area contributed by atoms with E-state index in [-0.39, 0.29) is 17.4 Å². The first-order chi connectivity index (χ1) is 15.9. The van der Waals surface area contributed by atoms with Gasteiger partial charge in [0.25, 0.3) is 5.91 Å². The Morgan fingerprint density at radius 2 is 1.35 bits per heavy atom. The third-order valence-corrected chi connectivity index (χ3v) is 9.90. The summed E-state index contributed by atoms with van der Waals surface area (Å²) in [5.41, 5.74) is -1.24. The zero-order valence-corrected chi connectivity index (χ0v) is 22.3. The van der Waals surface area contributed by atoms with Gasteiger partial charge in [-0.15, -0.1) is 0 Å². The molecule has 0 spiro atoms. The van der Waals surface area contributed by atoms with Crippen LogP contribution >= 0.6 is 0 Å². The molecule has 1 heterocycles. The first-order valence-corrected chi connectivity index (χ1v) is 13.2. The summed E-state index contributed by atoms with van der Waals surface area (Å²) in [6, 6.07) is 0. The quantitative estimate of drug-likeness (QED) is 0.341. The average molecular weight is 476 g/mol. The standard InChI is InChI=1S/C28H45NO5/c1-19(2)21-10-14-26(5,15-11-21)28(27(6)16-12-22(13-17-27)20(3)4)18-34-25(32)29(28)23(30)8-9-24(31)33-7/h8-9,19-22H,10-18H2,1-7H3/b9-8+. The molecule has 1 saturated heterocycles. The maximum absolute atomic E-state index is 13.5. The van der Waals surface area contributed by atoms with Crippen LogP contribution in [-0.4, -0.2) is 42.1 Å². The molecule has 0 aromatic carbocycles. The molecule has 0 radical (unpaired) electrons. The van der Waals surface area contributed by atoms with Gasteiger partial charge in [0.15, 0.2) is 0 Å². The van der Waals surface area contributed by atoms with Crippen molar-refractivity contribution in [1.82, 2.24) is 4.90 Å². The molecule has 0 N–H and O–H groups in total. The van der Waals surface area contributed by atoms with E-state index in [4.69, 9.17) is 4.74 Å². The molecule has 1 aliphatic heterocycles. The van der Waals surface area contributed by atoms with Crippen LogP contribution in [0.3, 0.4) is 0 Å². The largest absolute Gasteiger partial charge is 0.466 e. The summed E-state index contributed by atoms with van der Waals surface area (Å²) in [5.74, 6) is 1.48. The summed E-state index contributed by atoms with van der Waals surface area (Å²) < 4.78 is 10.4. The number of ether oxygens (including phenoxy) is 2. The smallest absolute Gasteiger partial charge is 0.417 e. The van der Waals surface area contributed by atoms with Crippen LogP contribution in [0.2, 0.25) is 0 Å². The van der Waals surface area contributed by atoms with Gasteiger partial charge >= 0.3 is 12.1 Å². The van der Waals surface area contributed by atoms with Gasteiger partial charge in [0.2, 0.25) is 0 Å². The fraction of sp³-hybridized carbons (Fsp3) is 0.821. The van der Waals surface area contributed by atoms with Gasteiger partial charge in [-0.1, -0.05) is 41.5 Å². The zero-order valence-electron chi connectivity index (χ0n) is 22.3. The number of amides is 2. The molecule has 2 amide bonds. The third-order valence-electron chi connectivity index (χ3n) is 9.90. The average Bonchev–Trinajstić information content (AvgIpc) is 3.17. The molecule has 2 aliphatic carbocycles. The number of cyclic esters (lactones) is 1. The van der Waals surface area contributed by atoms with Gasteiger partial charge in [0.1, 0.15) is 6.61 Å². The van der Waals surface area contributed by atoms with E-state index >= 15 is 0 Å². The van der Waals surface area contributed by atoms with Gasteiger partial charge in [0, 0.05) is 12.2 Å². The summed E-state index contributed by atoms with van der Waals surface area (Å²) >= 11 is 0. The van der Waals surface area contributed by atoms with Crippen LogP contribution in [0.15, 0.2) is 12.2 Å². The lowest BCUT2D eigenvalue weighted by Gasteiger charge is -2.61. The van der Waals surface area contributed by atoms with Crippen LogP contribution in [0.25, 0.3) is 0 Å². The number of imide groups is 1. The van der Waals surface area contributed by atoms with Crippen LogP contribution < -0.4 is 0 Å². The molecular formula is C28H45NO5. The van der Waals surface area contributed by atoms with E-state index in [0.717, 1.165) is 57.4 Å². The first kappa shape index (κ1) is 26.7. The summed E-state index contributed by atoms with van der Waals surface area (Å²) in [5, 5.41) is 0. The van der Waals surface area contributed by atoms with E-state index in [1.54, 1.807) is 0 Å². The topological polar surface area (TPSA) is 72.9 Å². The highest BCUT2D eigenvalue weighted by molar-refractivity contribution is 6.03. The molecule has 0 bridgehead atoms. The first-order valence-electron chi connectivity index (χ1n) is 13.2. The van der Waals surface area contributed by atoms with Crippen molar-refractivity contribution >= 4 is 18.0 Å². The highest BCUT2D eigenvalue weighted by Gasteiger charge is 2.68. The highest BCUT2D eigenvalue weighted by atomic mass is 16.6. The van der Waals surface area contributed by atoms with Gasteiger partial charge in [-0.3, -0.25) is 4.79 Å². The molecule has 0 unspecified atom stereocenters. The SMILES string of the molecule is COC(=O)/C=C/C(=O)N1C(=O)OCC1(C1(C)CCC(C(C)C)CC1)C1(C)CCC(C(C)C)CC1. The zero-order chi connectivity index (χ0) is 25.3. The van der Waals surface area contributed by atoms with E-state index in [0.29, 0.717) is 23.7 Å². The Bertz CT molecular complexity index is 764. The number of esters is 1. The molecule has 0 aromatic rings. The second-order valence-electron chi connectivity index (χ2n) is 12.2.